The van der Waals surface area contributed by atoms with E-state index >= 15 is 0 Å². The lowest BCUT2D eigenvalue weighted by molar-refractivity contribution is -0.118. The van der Waals surface area contributed by atoms with Crippen molar-refractivity contribution in [1.29, 1.82) is 5.26 Å². The van der Waals surface area contributed by atoms with Gasteiger partial charge in [0.1, 0.15) is 17.6 Å². The average molecular weight is 282 g/mol. The number of amides is 1. The Hall–Kier alpha value is -3.00. The maximum atomic E-state index is 11.9. The van der Waals surface area contributed by atoms with E-state index < -0.39 is 0 Å². The van der Waals surface area contributed by atoms with Crippen LogP contribution in [0.15, 0.2) is 54.6 Å². The molecule has 106 valence electrons. The molecule has 0 heterocycles. The van der Waals surface area contributed by atoms with Gasteiger partial charge in [0.25, 0.3) is 5.91 Å². The molecular weight excluding hydrogens is 268 g/mol. The molecule has 0 aromatic heterocycles. The predicted molar refractivity (Wildman–Crippen MR) is 78.1 cm³/mol. The van der Waals surface area contributed by atoms with Gasteiger partial charge in [0.15, 0.2) is 13.2 Å². The second-order valence-electron chi connectivity index (χ2n) is 4.09. The molecule has 5 nitrogen and oxygen atoms in total. The van der Waals surface area contributed by atoms with Crippen molar-refractivity contribution in [2.45, 2.75) is 0 Å². The number of hydrogen-bond donors (Lipinski definition) is 1. The van der Waals surface area contributed by atoms with E-state index in [2.05, 4.69) is 5.32 Å². The van der Waals surface area contributed by atoms with Crippen LogP contribution in [0.4, 0.5) is 5.69 Å². The maximum absolute atomic E-state index is 11.9. The normalized spacial score (nSPS) is 9.48. The van der Waals surface area contributed by atoms with Gasteiger partial charge in [-0.05, 0) is 24.3 Å². The molecule has 0 fully saturated rings. The van der Waals surface area contributed by atoms with Crippen LogP contribution in [0.1, 0.15) is 0 Å². The number of nitriles is 1. The van der Waals surface area contributed by atoms with E-state index in [4.69, 9.17) is 14.7 Å². The van der Waals surface area contributed by atoms with Crippen molar-refractivity contribution >= 4 is 11.6 Å². The number of hydrogen-bond acceptors (Lipinski definition) is 4. The first kappa shape index (κ1) is 14.4. The highest BCUT2D eigenvalue weighted by molar-refractivity contribution is 5.93. The van der Waals surface area contributed by atoms with Crippen molar-refractivity contribution in [3.63, 3.8) is 0 Å². The second kappa shape index (κ2) is 7.56. The van der Waals surface area contributed by atoms with Gasteiger partial charge < -0.3 is 14.8 Å². The van der Waals surface area contributed by atoms with E-state index in [-0.39, 0.29) is 19.1 Å². The van der Waals surface area contributed by atoms with Gasteiger partial charge in [0.05, 0.1) is 5.69 Å². The van der Waals surface area contributed by atoms with Crippen LogP contribution < -0.4 is 14.8 Å². The number of benzene rings is 2. The monoisotopic (exact) mass is 282 g/mol. The van der Waals surface area contributed by atoms with Gasteiger partial charge in [-0.1, -0.05) is 30.3 Å². The fourth-order valence-electron chi connectivity index (χ4n) is 1.66. The minimum atomic E-state index is -0.299. The smallest absolute Gasteiger partial charge is 0.262 e. The molecule has 2 rings (SSSR count). The summed E-state index contributed by atoms with van der Waals surface area (Å²) < 4.78 is 10.6. The first-order chi connectivity index (χ1) is 10.3. The lowest BCUT2D eigenvalue weighted by atomic mass is 10.3. The summed E-state index contributed by atoms with van der Waals surface area (Å²) in [5.41, 5.74) is 0.509. The van der Waals surface area contributed by atoms with E-state index in [0.29, 0.717) is 17.2 Å². The fraction of sp³-hybridized carbons (Fsp3) is 0.125. The van der Waals surface area contributed by atoms with Gasteiger partial charge in [-0.3, -0.25) is 4.79 Å². The van der Waals surface area contributed by atoms with Crippen LogP contribution in [-0.2, 0) is 4.79 Å². The summed E-state index contributed by atoms with van der Waals surface area (Å²) in [6, 6.07) is 17.9. The molecule has 0 aliphatic rings. The quantitative estimate of drug-likeness (QED) is 0.884. The summed E-state index contributed by atoms with van der Waals surface area (Å²) in [6.07, 6.45) is 0. The molecule has 0 aliphatic heterocycles. The second-order valence-corrected chi connectivity index (χ2v) is 4.09. The zero-order valence-corrected chi connectivity index (χ0v) is 11.3. The zero-order valence-electron chi connectivity index (χ0n) is 11.3. The van der Waals surface area contributed by atoms with Crippen molar-refractivity contribution in [2.24, 2.45) is 0 Å². The summed E-state index contributed by atoms with van der Waals surface area (Å²) in [6.45, 7) is -0.177. The average Bonchev–Trinajstić information content (AvgIpc) is 2.53. The molecule has 0 atom stereocenters. The van der Waals surface area contributed by atoms with Crippen LogP contribution >= 0.6 is 0 Å². The molecule has 0 unspecified atom stereocenters. The predicted octanol–water partition coefficient (Wildman–Crippen LogP) is 2.61. The van der Waals surface area contributed by atoms with Crippen molar-refractivity contribution in [2.75, 3.05) is 18.5 Å². The number of ether oxygens (including phenoxy) is 2. The van der Waals surface area contributed by atoms with Gasteiger partial charge in [-0.15, -0.1) is 0 Å². The lowest BCUT2D eigenvalue weighted by Gasteiger charge is -2.11. The van der Waals surface area contributed by atoms with Gasteiger partial charge in [-0.25, -0.2) is 0 Å². The number of para-hydroxylation sites is 3. The number of nitrogens with one attached hydrogen (secondary N) is 1. The van der Waals surface area contributed by atoms with Gasteiger partial charge in [0, 0.05) is 0 Å². The Morgan fingerprint density at radius 1 is 1.05 bits per heavy atom. The minimum Gasteiger partial charge on any atom is -0.484 e. The fourth-order valence-corrected chi connectivity index (χ4v) is 1.66. The minimum absolute atomic E-state index is 0.0760. The Morgan fingerprint density at radius 3 is 2.52 bits per heavy atom. The van der Waals surface area contributed by atoms with Crippen LogP contribution in [0.5, 0.6) is 11.5 Å². The van der Waals surface area contributed by atoms with Gasteiger partial charge in [0.2, 0.25) is 0 Å². The van der Waals surface area contributed by atoms with Crippen molar-refractivity contribution in [3.8, 4) is 17.6 Å². The molecule has 2 aromatic rings. The summed E-state index contributed by atoms with van der Waals surface area (Å²) >= 11 is 0. The summed E-state index contributed by atoms with van der Waals surface area (Å²) in [5.74, 6) is 0.778. The molecule has 21 heavy (non-hydrogen) atoms. The number of carbonyl (C=O) groups is 1. The van der Waals surface area contributed by atoms with E-state index in [9.17, 15) is 4.79 Å². The molecular formula is C16H14N2O3. The molecule has 0 saturated carbocycles. The van der Waals surface area contributed by atoms with E-state index in [1.54, 1.807) is 36.4 Å². The highest BCUT2D eigenvalue weighted by Gasteiger charge is 2.08. The number of carbonyl (C=O) groups excluding carboxylic acids is 1. The molecule has 2 aromatic carbocycles. The molecule has 0 spiro atoms. The Morgan fingerprint density at radius 2 is 1.76 bits per heavy atom. The Balaban J connectivity index is 1.92. The zero-order chi connectivity index (χ0) is 14.9. The van der Waals surface area contributed by atoms with Crippen LogP contribution in [0.2, 0.25) is 0 Å². The lowest BCUT2D eigenvalue weighted by Crippen LogP contribution is -2.20. The standard InChI is InChI=1S/C16H14N2O3/c17-10-11-20-15-9-5-4-8-14(15)18-16(19)12-21-13-6-2-1-3-7-13/h1-9H,11-12H2,(H,18,19). The van der Waals surface area contributed by atoms with E-state index in [1.165, 1.54) is 0 Å². The van der Waals surface area contributed by atoms with Crippen LogP contribution in [-0.4, -0.2) is 19.1 Å². The summed E-state index contributed by atoms with van der Waals surface area (Å²) in [5, 5.41) is 11.2. The largest absolute Gasteiger partial charge is 0.484 e. The maximum Gasteiger partial charge on any atom is 0.262 e. The van der Waals surface area contributed by atoms with Crippen LogP contribution in [0, 0.1) is 11.3 Å². The third kappa shape index (κ3) is 4.55. The molecule has 0 aliphatic carbocycles. The molecule has 0 radical (unpaired) electrons. The van der Waals surface area contributed by atoms with Crippen molar-refractivity contribution in [3.05, 3.63) is 54.6 Å². The van der Waals surface area contributed by atoms with Crippen LogP contribution in [0.3, 0.4) is 0 Å². The van der Waals surface area contributed by atoms with Crippen molar-refractivity contribution in [1.82, 2.24) is 0 Å². The third-order valence-electron chi connectivity index (χ3n) is 2.57. The van der Waals surface area contributed by atoms with Crippen LogP contribution in [0.25, 0.3) is 0 Å². The highest BCUT2D eigenvalue weighted by atomic mass is 16.5. The van der Waals surface area contributed by atoms with Gasteiger partial charge >= 0.3 is 0 Å². The third-order valence-corrected chi connectivity index (χ3v) is 2.57. The summed E-state index contributed by atoms with van der Waals surface area (Å²) in [4.78, 5) is 11.9. The first-order valence-corrected chi connectivity index (χ1v) is 6.36. The Labute approximate surface area is 122 Å². The number of nitrogens with zero attached hydrogens (tertiary/aromatic N) is 1. The number of rotatable bonds is 6. The Kier molecular flexibility index (Phi) is 5.18. The highest BCUT2D eigenvalue weighted by Crippen LogP contribution is 2.23. The molecule has 1 N–H and O–H groups in total. The van der Waals surface area contributed by atoms with Crippen molar-refractivity contribution < 1.29 is 14.3 Å². The number of anilines is 1. The molecule has 5 heteroatoms. The first-order valence-electron chi connectivity index (χ1n) is 6.36. The molecule has 0 saturated heterocycles. The van der Waals surface area contributed by atoms with E-state index in [1.807, 2.05) is 24.3 Å². The molecule has 1 amide bonds. The summed E-state index contributed by atoms with van der Waals surface area (Å²) in [7, 11) is 0. The van der Waals surface area contributed by atoms with Gasteiger partial charge in [-0.2, -0.15) is 5.26 Å². The topological polar surface area (TPSA) is 71.3 Å². The van der Waals surface area contributed by atoms with E-state index in [0.717, 1.165) is 0 Å². The SMILES string of the molecule is N#CCOc1ccccc1NC(=O)COc1ccccc1. The molecule has 0 bridgehead atoms. The Bertz CT molecular complexity index is 635.